The van der Waals surface area contributed by atoms with Gasteiger partial charge >= 0.3 is 0 Å². The van der Waals surface area contributed by atoms with Crippen LogP contribution < -0.4 is 0 Å². The summed E-state index contributed by atoms with van der Waals surface area (Å²) in [4.78, 5) is 0. The predicted octanol–water partition coefficient (Wildman–Crippen LogP) is -3.92. The Hall–Kier alpha value is -0.0231. The molecule has 13 heavy (non-hydrogen) atoms. The largest absolute Gasteiger partial charge is 0.418 e. The van der Waals surface area contributed by atoms with Gasteiger partial charge in [0.25, 0.3) is 0 Å². The van der Waals surface area contributed by atoms with Gasteiger partial charge in [-0.1, -0.05) is 0 Å². The lowest BCUT2D eigenvalue weighted by Gasteiger charge is -2.39. The van der Waals surface area contributed by atoms with Gasteiger partial charge in [-0.05, 0) is 0 Å². The first-order valence-electron chi connectivity index (χ1n) is 3.95. The molecule has 6 nitrogen and oxygen atoms in total. The average molecular weight is 210 g/mol. The van der Waals surface area contributed by atoms with E-state index in [1.165, 1.54) is 0 Å². The van der Waals surface area contributed by atoms with Gasteiger partial charge in [0.05, 0.1) is 6.61 Å². The first-order valence-corrected chi connectivity index (χ1v) is 4.76. The molecular formula is C6H14O6Si. The monoisotopic (exact) mass is 210 g/mol. The molecule has 0 amide bonds. The fraction of sp³-hybridized carbons (Fsp3) is 1.00. The molecule has 5 atom stereocenters. The highest BCUT2D eigenvalue weighted by atomic mass is 28.2. The number of ether oxygens (including phenoxy) is 1. The zero-order valence-electron chi connectivity index (χ0n) is 7.20. The highest BCUT2D eigenvalue weighted by Gasteiger charge is 2.43. The van der Waals surface area contributed by atoms with E-state index in [1.807, 2.05) is 0 Å². The van der Waals surface area contributed by atoms with Crippen LogP contribution in [0.2, 0.25) is 0 Å². The third-order valence-corrected chi connectivity index (χ3v) is 2.66. The Bertz CT molecular complexity index is 167. The van der Waals surface area contributed by atoms with Crippen LogP contribution in [0.15, 0.2) is 0 Å². The molecule has 0 aromatic carbocycles. The van der Waals surface area contributed by atoms with E-state index in [-0.39, 0.29) is 0 Å². The van der Waals surface area contributed by atoms with E-state index >= 15 is 0 Å². The minimum atomic E-state index is -1.30. The van der Waals surface area contributed by atoms with E-state index < -0.39 is 37.3 Å². The smallest absolute Gasteiger partial charge is 0.183 e. The Morgan fingerprint density at radius 2 is 1.85 bits per heavy atom. The lowest BCUT2D eigenvalue weighted by molar-refractivity contribution is -0.280. The van der Waals surface area contributed by atoms with Crippen molar-refractivity contribution in [1.82, 2.24) is 0 Å². The molecule has 78 valence electrons. The molecule has 0 bridgehead atoms. The van der Waals surface area contributed by atoms with Crippen molar-refractivity contribution < 1.29 is 29.6 Å². The number of aliphatic hydroxyl groups is 4. The predicted molar refractivity (Wildman–Crippen MR) is 44.8 cm³/mol. The van der Waals surface area contributed by atoms with E-state index in [2.05, 4.69) is 0 Å². The van der Waals surface area contributed by atoms with Crippen LogP contribution in [0.1, 0.15) is 0 Å². The Morgan fingerprint density at radius 1 is 1.23 bits per heavy atom. The van der Waals surface area contributed by atoms with Gasteiger partial charge in [-0.3, -0.25) is 0 Å². The van der Waals surface area contributed by atoms with Gasteiger partial charge in [-0.2, -0.15) is 0 Å². The van der Waals surface area contributed by atoms with Gasteiger partial charge in [-0.25, -0.2) is 0 Å². The van der Waals surface area contributed by atoms with Gasteiger partial charge < -0.3 is 29.6 Å². The van der Waals surface area contributed by atoms with Crippen molar-refractivity contribution in [3.63, 3.8) is 0 Å². The second-order valence-electron chi connectivity index (χ2n) is 2.93. The number of hydrogen-bond acceptors (Lipinski definition) is 6. The van der Waals surface area contributed by atoms with Crippen LogP contribution >= 0.6 is 0 Å². The highest BCUT2D eigenvalue weighted by Crippen LogP contribution is 2.21. The standard InChI is InChI=1S/C6H14O6Si/c7-1-2-3(8)4(9)5(12-13)6(10)11-2/h2-10H,1H2,13H3/t2-,3-,4+,5+,6?/m1/s1. The second kappa shape index (κ2) is 4.47. The third-order valence-electron chi connectivity index (χ3n) is 2.11. The zero-order chi connectivity index (χ0) is 10.0. The number of rotatable bonds is 2. The van der Waals surface area contributed by atoms with Crippen molar-refractivity contribution >= 4 is 10.5 Å². The van der Waals surface area contributed by atoms with Crippen LogP contribution in [-0.4, -0.2) is 68.2 Å². The molecule has 7 heteroatoms. The molecule has 1 rings (SSSR count). The zero-order valence-corrected chi connectivity index (χ0v) is 9.20. The topological polar surface area (TPSA) is 99.4 Å². The molecule has 4 N–H and O–H groups in total. The second-order valence-corrected chi connectivity index (χ2v) is 3.40. The van der Waals surface area contributed by atoms with E-state index in [0.29, 0.717) is 10.5 Å². The normalized spacial score (nSPS) is 46.6. The van der Waals surface area contributed by atoms with E-state index in [0.717, 1.165) is 0 Å². The summed E-state index contributed by atoms with van der Waals surface area (Å²) >= 11 is 0. The van der Waals surface area contributed by atoms with E-state index in [9.17, 15) is 15.3 Å². The van der Waals surface area contributed by atoms with Crippen LogP contribution in [0.25, 0.3) is 0 Å². The Balaban J connectivity index is 2.66. The van der Waals surface area contributed by atoms with Crippen LogP contribution in [0.4, 0.5) is 0 Å². The van der Waals surface area contributed by atoms with Crippen molar-refractivity contribution in [2.24, 2.45) is 0 Å². The maximum absolute atomic E-state index is 9.41. The molecule has 1 fully saturated rings. The first kappa shape index (κ1) is 11.1. The first-order chi connectivity index (χ1) is 6.11. The van der Waals surface area contributed by atoms with Crippen LogP contribution in [0.5, 0.6) is 0 Å². The number of hydrogen-bond donors (Lipinski definition) is 4. The molecule has 1 saturated heterocycles. The van der Waals surface area contributed by atoms with Crippen molar-refractivity contribution in [1.29, 1.82) is 0 Å². The highest BCUT2D eigenvalue weighted by molar-refractivity contribution is 5.98. The van der Waals surface area contributed by atoms with Crippen molar-refractivity contribution in [2.75, 3.05) is 6.61 Å². The molecule has 0 radical (unpaired) electrons. The van der Waals surface area contributed by atoms with Crippen LogP contribution in [0, 0.1) is 0 Å². The van der Waals surface area contributed by atoms with Gasteiger partial charge in [-0.15, -0.1) is 0 Å². The quantitative estimate of drug-likeness (QED) is 0.348. The summed E-state index contributed by atoms with van der Waals surface area (Å²) in [6.07, 6.45) is -5.64. The van der Waals surface area contributed by atoms with Crippen LogP contribution in [-0.2, 0) is 9.16 Å². The van der Waals surface area contributed by atoms with Crippen molar-refractivity contribution in [3.8, 4) is 0 Å². The van der Waals surface area contributed by atoms with E-state index in [4.69, 9.17) is 14.3 Å². The van der Waals surface area contributed by atoms with Gasteiger partial charge in [0.1, 0.15) is 34.9 Å². The lowest BCUT2D eigenvalue weighted by Crippen LogP contribution is -2.59. The molecule has 1 aliphatic heterocycles. The summed E-state index contributed by atoms with van der Waals surface area (Å²) in [6, 6.07) is 0. The van der Waals surface area contributed by atoms with Gasteiger partial charge in [0.15, 0.2) is 6.29 Å². The lowest BCUT2D eigenvalue weighted by atomic mass is 9.99. The molecule has 1 heterocycles. The molecule has 0 saturated carbocycles. The minimum absolute atomic E-state index is 0.319. The third kappa shape index (κ3) is 2.07. The van der Waals surface area contributed by atoms with Crippen LogP contribution in [0.3, 0.4) is 0 Å². The maximum atomic E-state index is 9.41. The summed E-state index contributed by atoms with van der Waals surface area (Å²) in [6.45, 7) is -0.455. The average Bonchev–Trinajstić information content (AvgIpc) is 2.12. The molecular weight excluding hydrogens is 196 g/mol. The van der Waals surface area contributed by atoms with Gasteiger partial charge in [0, 0.05) is 0 Å². The summed E-state index contributed by atoms with van der Waals surface area (Å²) in [5.74, 6) is 0. The number of aliphatic hydroxyl groups excluding tert-OH is 4. The minimum Gasteiger partial charge on any atom is -0.418 e. The fourth-order valence-corrected chi connectivity index (χ4v) is 1.84. The molecule has 1 aliphatic rings. The van der Waals surface area contributed by atoms with Crippen molar-refractivity contribution in [3.05, 3.63) is 0 Å². The Kier molecular flexibility index (Phi) is 3.80. The fourth-order valence-electron chi connectivity index (χ4n) is 1.33. The molecule has 0 aliphatic carbocycles. The molecule has 1 unspecified atom stereocenters. The Morgan fingerprint density at radius 3 is 2.31 bits per heavy atom. The molecule has 0 aromatic rings. The summed E-state index contributed by atoms with van der Waals surface area (Å²) in [5.41, 5.74) is 0. The summed E-state index contributed by atoms with van der Waals surface area (Å²) < 4.78 is 9.67. The summed E-state index contributed by atoms with van der Waals surface area (Å²) in [7, 11) is 0.319. The molecule has 0 spiro atoms. The van der Waals surface area contributed by atoms with Gasteiger partial charge in [0.2, 0.25) is 0 Å². The maximum Gasteiger partial charge on any atom is 0.183 e. The summed E-state index contributed by atoms with van der Waals surface area (Å²) in [5, 5.41) is 36.7. The SMILES string of the molecule is OC[C@H]1OC(O)[C@@H](O[SiH3])[C@@H](O)[C@@H]1O. The van der Waals surface area contributed by atoms with E-state index in [1.54, 1.807) is 0 Å². The Labute approximate surface area is 78.3 Å². The molecule has 0 aromatic heterocycles. The van der Waals surface area contributed by atoms with Crippen molar-refractivity contribution in [2.45, 2.75) is 30.7 Å².